The molecule has 0 spiro atoms. The van der Waals surface area contributed by atoms with Crippen molar-refractivity contribution in [2.45, 2.75) is 0 Å². The van der Waals surface area contributed by atoms with Crippen LogP contribution in [0.5, 0.6) is 0 Å². The minimum atomic E-state index is 1.04. The van der Waals surface area contributed by atoms with Crippen molar-refractivity contribution in [3.63, 3.8) is 0 Å². The van der Waals surface area contributed by atoms with E-state index in [4.69, 9.17) is 4.98 Å². The largest absolute Gasteiger partial charge is 0.249 e. The quantitative estimate of drug-likeness (QED) is 0.268. The van der Waals surface area contributed by atoms with Crippen molar-refractivity contribution in [1.82, 2.24) is 4.98 Å². The fourth-order valence-corrected chi connectivity index (χ4v) is 4.10. The molecule has 6 rings (SSSR count). The van der Waals surface area contributed by atoms with Gasteiger partial charge in [-0.15, -0.1) is 0 Å². The zero-order chi connectivity index (χ0) is 17.1. The number of hydrogen-bond acceptors (Lipinski definition) is 1. The molecule has 0 bridgehead atoms. The molecule has 3 aromatic heterocycles. The van der Waals surface area contributed by atoms with Crippen molar-refractivity contribution in [3.05, 3.63) is 91.1 Å². The Labute approximate surface area is 150 Å². The lowest BCUT2D eigenvalue weighted by Gasteiger charge is -2.06. The summed E-state index contributed by atoms with van der Waals surface area (Å²) in [5.74, 6) is 0. The van der Waals surface area contributed by atoms with Crippen LogP contribution in [0.3, 0.4) is 0 Å². The van der Waals surface area contributed by atoms with Crippen molar-refractivity contribution < 1.29 is 4.40 Å². The van der Waals surface area contributed by atoms with E-state index in [0.29, 0.717) is 0 Å². The van der Waals surface area contributed by atoms with Gasteiger partial charge in [0, 0.05) is 34.5 Å². The van der Waals surface area contributed by atoms with Gasteiger partial charge in [-0.25, -0.2) is 4.98 Å². The summed E-state index contributed by atoms with van der Waals surface area (Å²) < 4.78 is 2.38. The minimum Gasteiger partial charge on any atom is -0.249 e. The van der Waals surface area contributed by atoms with Crippen LogP contribution in [0.15, 0.2) is 91.1 Å². The number of hydrogen-bond donors (Lipinski definition) is 0. The van der Waals surface area contributed by atoms with Crippen LogP contribution in [-0.2, 0) is 0 Å². The predicted octanol–water partition coefficient (Wildman–Crippen LogP) is 5.43. The standard InChI is InChI=1S/C24H15N2/c1-2-6-21-16(4-1)7-9-18-11-13-20-14-12-19-10-8-17-5-3-15-25-22(17)24(19)26(20)23(18)21/h1-15H/q+1. The predicted molar refractivity (Wildman–Crippen MR) is 107 cm³/mol. The molecule has 0 amide bonds. The van der Waals surface area contributed by atoms with Gasteiger partial charge in [0.05, 0.1) is 5.39 Å². The second-order valence-corrected chi connectivity index (χ2v) is 6.73. The van der Waals surface area contributed by atoms with Crippen molar-refractivity contribution in [2.75, 3.05) is 0 Å². The van der Waals surface area contributed by atoms with Gasteiger partial charge in [-0.3, -0.25) is 0 Å². The zero-order valence-corrected chi connectivity index (χ0v) is 14.1. The minimum absolute atomic E-state index is 1.04. The number of nitrogens with zero attached hydrogens (tertiary/aromatic N) is 2. The normalized spacial score (nSPS) is 11.8. The van der Waals surface area contributed by atoms with Crippen LogP contribution < -0.4 is 4.40 Å². The third-order valence-corrected chi connectivity index (χ3v) is 5.28. The Morgan fingerprint density at radius 3 is 2.08 bits per heavy atom. The Balaban J connectivity index is 2.03. The maximum absolute atomic E-state index is 4.73. The van der Waals surface area contributed by atoms with Gasteiger partial charge in [0.1, 0.15) is 5.52 Å². The Hall–Kier alpha value is -3.52. The summed E-state index contributed by atoms with van der Waals surface area (Å²) in [6.07, 6.45) is 1.88. The summed E-state index contributed by atoms with van der Waals surface area (Å²) in [6.45, 7) is 0. The molecule has 0 radical (unpaired) electrons. The maximum Gasteiger partial charge on any atom is 0.245 e. The van der Waals surface area contributed by atoms with Crippen LogP contribution in [0.4, 0.5) is 0 Å². The molecule has 3 aromatic carbocycles. The fourth-order valence-electron chi connectivity index (χ4n) is 4.10. The number of aromatic nitrogens is 2. The van der Waals surface area contributed by atoms with E-state index in [9.17, 15) is 0 Å². The van der Waals surface area contributed by atoms with E-state index in [0.717, 1.165) is 10.9 Å². The number of pyridine rings is 3. The van der Waals surface area contributed by atoms with E-state index in [1.54, 1.807) is 0 Å². The van der Waals surface area contributed by atoms with Crippen LogP contribution in [-0.4, -0.2) is 4.98 Å². The molecule has 0 N–H and O–H groups in total. The van der Waals surface area contributed by atoms with Crippen LogP contribution in [0, 0.1) is 0 Å². The van der Waals surface area contributed by atoms with Gasteiger partial charge in [-0.05, 0) is 41.8 Å². The van der Waals surface area contributed by atoms with E-state index < -0.39 is 0 Å². The number of benzene rings is 3. The van der Waals surface area contributed by atoms with Gasteiger partial charge >= 0.3 is 0 Å². The monoisotopic (exact) mass is 331 g/mol. The summed E-state index contributed by atoms with van der Waals surface area (Å²) in [4.78, 5) is 4.73. The molecule has 0 unspecified atom stereocenters. The molecule has 2 heteroatoms. The average Bonchev–Trinajstić information content (AvgIpc) is 2.72. The van der Waals surface area contributed by atoms with Crippen LogP contribution >= 0.6 is 0 Å². The third-order valence-electron chi connectivity index (χ3n) is 5.28. The van der Waals surface area contributed by atoms with Crippen molar-refractivity contribution in [1.29, 1.82) is 0 Å². The van der Waals surface area contributed by atoms with Crippen LogP contribution in [0.2, 0.25) is 0 Å². The summed E-state index contributed by atoms with van der Waals surface area (Å²) in [5.41, 5.74) is 4.63. The van der Waals surface area contributed by atoms with Gasteiger partial charge < -0.3 is 0 Å². The lowest BCUT2D eigenvalue weighted by Crippen LogP contribution is -2.24. The van der Waals surface area contributed by atoms with Crippen molar-refractivity contribution >= 4 is 49.0 Å². The first-order valence-corrected chi connectivity index (χ1v) is 8.83. The highest BCUT2D eigenvalue weighted by molar-refractivity contribution is 6.06. The lowest BCUT2D eigenvalue weighted by molar-refractivity contribution is -0.448. The van der Waals surface area contributed by atoms with E-state index in [-0.39, 0.29) is 0 Å². The van der Waals surface area contributed by atoms with Crippen molar-refractivity contribution in [3.8, 4) is 0 Å². The molecule has 0 aliphatic rings. The summed E-state index contributed by atoms with van der Waals surface area (Å²) >= 11 is 0. The first kappa shape index (κ1) is 13.7. The van der Waals surface area contributed by atoms with Gasteiger partial charge in [0.25, 0.3) is 0 Å². The highest BCUT2D eigenvalue weighted by atomic mass is 14.9. The van der Waals surface area contributed by atoms with Crippen LogP contribution in [0.1, 0.15) is 0 Å². The molecule has 0 aliphatic carbocycles. The third kappa shape index (κ3) is 1.76. The van der Waals surface area contributed by atoms with Gasteiger partial charge in [-0.1, -0.05) is 36.4 Å². The SMILES string of the molecule is c1ccc2c(c1)ccc1ccc3ccc4ccc5cccnc5c4[n+]3c12. The molecule has 0 atom stereocenters. The van der Waals surface area contributed by atoms with E-state index >= 15 is 0 Å². The van der Waals surface area contributed by atoms with E-state index in [2.05, 4.69) is 83.3 Å². The van der Waals surface area contributed by atoms with E-state index in [1.807, 2.05) is 12.3 Å². The Morgan fingerprint density at radius 1 is 0.538 bits per heavy atom. The molecule has 3 heterocycles. The van der Waals surface area contributed by atoms with Gasteiger partial charge in [0.2, 0.25) is 16.6 Å². The Morgan fingerprint density at radius 2 is 1.19 bits per heavy atom. The molecular formula is C24H15N2+. The summed E-state index contributed by atoms with van der Waals surface area (Å²) in [5, 5.41) is 6.12. The number of fused-ring (bicyclic) bond motifs is 9. The van der Waals surface area contributed by atoms with Crippen molar-refractivity contribution in [2.24, 2.45) is 0 Å². The Bertz CT molecular complexity index is 1360. The first-order chi connectivity index (χ1) is 12.9. The summed E-state index contributed by atoms with van der Waals surface area (Å²) in [6, 6.07) is 30.3. The molecule has 2 nitrogen and oxygen atoms in total. The lowest BCUT2D eigenvalue weighted by atomic mass is 10.0. The molecule has 26 heavy (non-hydrogen) atoms. The van der Waals surface area contributed by atoms with Gasteiger partial charge in [-0.2, -0.15) is 4.40 Å². The topological polar surface area (TPSA) is 17.0 Å². The second kappa shape index (κ2) is 4.99. The maximum atomic E-state index is 4.73. The molecule has 0 fully saturated rings. The molecule has 120 valence electrons. The molecular weight excluding hydrogens is 316 g/mol. The van der Waals surface area contributed by atoms with E-state index in [1.165, 1.54) is 38.1 Å². The average molecular weight is 331 g/mol. The van der Waals surface area contributed by atoms with Gasteiger partial charge in [0.15, 0.2) is 0 Å². The Kier molecular flexibility index (Phi) is 2.64. The zero-order valence-electron chi connectivity index (χ0n) is 14.1. The summed E-state index contributed by atoms with van der Waals surface area (Å²) in [7, 11) is 0. The first-order valence-electron chi connectivity index (χ1n) is 8.83. The molecule has 6 aromatic rings. The highest BCUT2D eigenvalue weighted by Crippen LogP contribution is 2.27. The molecule has 0 saturated heterocycles. The molecule has 0 saturated carbocycles. The highest BCUT2D eigenvalue weighted by Gasteiger charge is 2.19. The smallest absolute Gasteiger partial charge is 0.245 e. The fraction of sp³-hybridized carbons (Fsp3) is 0. The van der Waals surface area contributed by atoms with Crippen LogP contribution in [0.25, 0.3) is 49.0 Å². The molecule has 0 aliphatic heterocycles. The second-order valence-electron chi connectivity index (χ2n) is 6.73. The number of rotatable bonds is 0.